The van der Waals surface area contributed by atoms with Crippen molar-refractivity contribution in [3.63, 3.8) is 0 Å². The van der Waals surface area contributed by atoms with Gasteiger partial charge in [-0.3, -0.25) is 17.1 Å². The summed E-state index contributed by atoms with van der Waals surface area (Å²) in [4.78, 5) is 11.6. The zero-order chi connectivity index (χ0) is 16.9. The monoisotopic (exact) mass is 429 g/mol. The summed E-state index contributed by atoms with van der Waals surface area (Å²) in [5.41, 5.74) is 2.79. The molecular formula is C22H17N3Pd. The Morgan fingerprint density at radius 2 is 1.19 bits per heavy atom. The summed E-state index contributed by atoms with van der Waals surface area (Å²) in [6.45, 7) is 0. The molecule has 0 N–H and O–H groups in total. The van der Waals surface area contributed by atoms with Crippen LogP contribution in [-0.2, 0) is 20.4 Å². The Morgan fingerprint density at radius 1 is 0.654 bits per heavy atom. The average Bonchev–Trinajstić information content (AvgIpc) is 2.66. The molecule has 0 radical (unpaired) electrons. The van der Waals surface area contributed by atoms with Gasteiger partial charge in [0.25, 0.3) is 0 Å². The van der Waals surface area contributed by atoms with Gasteiger partial charge in [0.2, 0.25) is 0 Å². The summed E-state index contributed by atoms with van der Waals surface area (Å²) in [7, 11) is 0. The molecule has 3 aromatic rings. The summed E-state index contributed by atoms with van der Waals surface area (Å²) in [5.74, 6) is 1.66. The van der Waals surface area contributed by atoms with Crippen molar-refractivity contribution in [2.24, 2.45) is 0 Å². The van der Waals surface area contributed by atoms with Crippen LogP contribution in [0.15, 0.2) is 66.7 Å². The summed E-state index contributed by atoms with van der Waals surface area (Å²) in [6, 6.07) is 22.2. The number of hydrogen-bond acceptors (Lipinski definition) is 3. The summed E-state index contributed by atoms with van der Waals surface area (Å²) in [6.07, 6.45) is 12.1. The van der Waals surface area contributed by atoms with Crippen molar-refractivity contribution in [3.8, 4) is 0 Å². The minimum atomic E-state index is 0. The van der Waals surface area contributed by atoms with Gasteiger partial charge in [0.05, 0.1) is 0 Å². The standard InChI is InChI=1S/C22H17N3.Pd/c1-2-5-11-19-13-9-17-22(24-19)25(20-14-6-3-7-15-20)21-16-8-12-18(23-21)10-4-1;/h3,6-17H,1-2H2;/q-2;+2. The second kappa shape index (κ2) is 8.71. The molecule has 4 heteroatoms. The van der Waals surface area contributed by atoms with Gasteiger partial charge in [-0.15, -0.1) is 25.0 Å². The number of hydrogen-bond donors (Lipinski definition) is 0. The van der Waals surface area contributed by atoms with E-state index in [-0.39, 0.29) is 20.4 Å². The van der Waals surface area contributed by atoms with E-state index in [0.717, 1.165) is 41.6 Å². The van der Waals surface area contributed by atoms with Crippen molar-refractivity contribution in [2.75, 3.05) is 4.90 Å². The van der Waals surface area contributed by atoms with Crippen LogP contribution < -0.4 is 4.90 Å². The van der Waals surface area contributed by atoms with Crippen molar-refractivity contribution in [3.05, 3.63) is 90.3 Å². The molecule has 4 rings (SSSR count). The van der Waals surface area contributed by atoms with Gasteiger partial charge in [-0.25, -0.2) is 12.2 Å². The molecule has 3 nitrogen and oxygen atoms in total. The number of nitrogens with zero attached hydrogens (tertiary/aromatic N) is 3. The SMILES string of the molecule is [C-]1=Cc2cccc(n2)N(c2ccccc2)c2cccc(n2)C=[C-]CC1.[Pd+2]. The number of benzene rings is 1. The molecule has 0 saturated carbocycles. The molecule has 2 aromatic heterocycles. The van der Waals surface area contributed by atoms with Gasteiger partial charge in [0.15, 0.2) is 0 Å². The maximum absolute atomic E-state index is 4.78. The average molecular weight is 430 g/mol. The molecule has 0 saturated heterocycles. The minimum Gasteiger partial charge on any atom is -0.329 e. The summed E-state index contributed by atoms with van der Waals surface area (Å²) in [5, 5.41) is 0. The van der Waals surface area contributed by atoms with Crippen molar-refractivity contribution >= 4 is 29.5 Å². The fourth-order valence-electron chi connectivity index (χ4n) is 2.75. The maximum Gasteiger partial charge on any atom is 2.00 e. The smallest absolute Gasteiger partial charge is 0.329 e. The third-order valence-corrected chi connectivity index (χ3v) is 3.90. The molecule has 0 atom stereocenters. The number of allylic oxidation sites excluding steroid dienone is 2. The predicted molar refractivity (Wildman–Crippen MR) is 101 cm³/mol. The number of rotatable bonds is 1. The number of aromatic nitrogens is 2. The predicted octanol–water partition coefficient (Wildman–Crippen LogP) is 5.37. The normalized spacial score (nSPS) is 13.2. The van der Waals surface area contributed by atoms with Crippen LogP contribution in [0.3, 0.4) is 0 Å². The first-order valence-electron chi connectivity index (χ1n) is 8.33. The molecule has 0 spiro atoms. The van der Waals surface area contributed by atoms with Crippen LogP contribution in [0.25, 0.3) is 12.2 Å². The molecule has 4 bridgehead atoms. The number of anilines is 3. The summed E-state index contributed by atoms with van der Waals surface area (Å²) >= 11 is 0. The first kappa shape index (κ1) is 18.3. The third-order valence-electron chi connectivity index (χ3n) is 3.90. The summed E-state index contributed by atoms with van der Waals surface area (Å²) < 4.78 is 0. The van der Waals surface area contributed by atoms with Gasteiger partial charge in [0, 0.05) is 5.69 Å². The van der Waals surface area contributed by atoms with Gasteiger partial charge in [0.1, 0.15) is 11.6 Å². The molecule has 130 valence electrons. The van der Waals surface area contributed by atoms with E-state index in [4.69, 9.17) is 9.97 Å². The van der Waals surface area contributed by atoms with Crippen LogP contribution in [0.2, 0.25) is 0 Å². The van der Waals surface area contributed by atoms with Crippen molar-refractivity contribution < 1.29 is 20.4 Å². The second-order valence-electron chi connectivity index (χ2n) is 5.71. The van der Waals surface area contributed by atoms with Crippen molar-refractivity contribution in [1.82, 2.24) is 9.97 Å². The van der Waals surface area contributed by atoms with Crippen LogP contribution >= 0.6 is 0 Å². The largest absolute Gasteiger partial charge is 2.00 e. The molecule has 1 aliphatic rings. The number of fused-ring (bicyclic) bond motifs is 4. The zero-order valence-corrected chi connectivity index (χ0v) is 15.6. The molecule has 3 heterocycles. The van der Waals surface area contributed by atoms with Crippen LogP contribution in [-0.4, -0.2) is 9.97 Å². The Bertz CT molecular complexity index is 862. The quantitative estimate of drug-likeness (QED) is 0.384. The number of pyridine rings is 2. The molecule has 1 aromatic carbocycles. The van der Waals surface area contributed by atoms with Gasteiger partial charge in [-0.05, 0) is 24.3 Å². The van der Waals surface area contributed by atoms with E-state index in [1.165, 1.54) is 0 Å². The first-order valence-corrected chi connectivity index (χ1v) is 8.33. The van der Waals surface area contributed by atoms with Crippen molar-refractivity contribution in [1.29, 1.82) is 0 Å². The molecule has 26 heavy (non-hydrogen) atoms. The fraction of sp³-hybridized carbons (Fsp3) is 0.0909. The fourth-order valence-corrected chi connectivity index (χ4v) is 2.75. The Labute approximate surface area is 167 Å². The van der Waals surface area contributed by atoms with Gasteiger partial charge >= 0.3 is 20.4 Å². The van der Waals surface area contributed by atoms with Crippen LogP contribution in [0.1, 0.15) is 24.2 Å². The molecule has 1 aliphatic heterocycles. The Morgan fingerprint density at radius 3 is 1.73 bits per heavy atom. The number of para-hydroxylation sites is 1. The Balaban J connectivity index is 0.00000196. The third kappa shape index (κ3) is 4.16. The zero-order valence-electron chi connectivity index (χ0n) is 14.1. The molecule has 0 unspecified atom stereocenters. The van der Waals surface area contributed by atoms with E-state index >= 15 is 0 Å². The maximum atomic E-state index is 4.78. The Hall–Kier alpha value is -2.54. The molecule has 0 amide bonds. The van der Waals surface area contributed by atoms with Crippen molar-refractivity contribution in [2.45, 2.75) is 12.8 Å². The van der Waals surface area contributed by atoms with Crippen LogP contribution in [0.4, 0.5) is 17.3 Å². The van der Waals surface area contributed by atoms with E-state index in [1.807, 2.05) is 66.7 Å². The van der Waals surface area contributed by atoms with Gasteiger partial charge in [-0.2, -0.15) is 0 Å². The molecular weight excluding hydrogens is 413 g/mol. The van der Waals surface area contributed by atoms with E-state index in [0.29, 0.717) is 0 Å². The van der Waals surface area contributed by atoms with Gasteiger partial charge in [-0.1, -0.05) is 41.7 Å². The van der Waals surface area contributed by atoms with E-state index in [9.17, 15) is 0 Å². The van der Waals surface area contributed by atoms with Gasteiger partial charge < -0.3 is 9.97 Å². The molecule has 0 fully saturated rings. The molecule has 0 aliphatic carbocycles. The van der Waals surface area contributed by atoms with E-state index < -0.39 is 0 Å². The van der Waals surface area contributed by atoms with E-state index in [1.54, 1.807) is 0 Å². The first-order chi connectivity index (χ1) is 12.4. The van der Waals surface area contributed by atoms with Crippen LogP contribution in [0, 0.1) is 12.2 Å². The van der Waals surface area contributed by atoms with Crippen LogP contribution in [0.5, 0.6) is 0 Å². The topological polar surface area (TPSA) is 29.0 Å². The Kier molecular flexibility index (Phi) is 6.12. The minimum absolute atomic E-state index is 0. The second-order valence-corrected chi connectivity index (χ2v) is 5.71. The van der Waals surface area contributed by atoms with E-state index in [2.05, 4.69) is 29.2 Å².